The van der Waals surface area contributed by atoms with Crippen LogP contribution in [0.15, 0.2) is 188 Å². The fourth-order valence-electron chi connectivity index (χ4n) is 7.57. The first kappa shape index (κ1) is 29.1. The lowest BCUT2D eigenvalue weighted by Crippen LogP contribution is -2.15. The van der Waals surface area contributed by atoms with Gasteiger partial charge in [0.2, 0.25) is 0 Å². The summed E-state index contributed by atoms with van der Waals surface area (Å²) in [4.78, 5) is 12.9. The minimum atomic E-state index is 0.693. The van der Waals surface area contributed by atoms with Gasteiger partial charge in [-0.1, -0.05) is 152 Å². The molecule has 8 aromatic carbocycles. The monoisotopic (exact) mass is 649 g/mol. The first-order chi connectivity index (χ1) is 25.3. The molecule has 1 aliphatic rings. The average Bonchev–Trinajstić information content (AvgIpc) is 3.21. The molecule has 0 saturated carbocycles. The molecule has 238 valence electrons. The van der Waals surface area contributed by atoms with Gasteiger partial charge in [-0.05, 0) is 69.2 Å². The van der Waals surface area contributed by atoms with Crippen molar-refractivity contribution in [1.29, 1.82) is 0 Å². The Kier molecular flexibility index (Phi) is 6.81. The van der Waals surface area contributed by atoms with Gasteiger partial charge in [-0.25, -0.2) is 9.97 Å². The van der Waals surface area contributed by atoms with E-state index in [0.717, 1.165) is 45.1 Å². The van der Waals surface area contributed by atoms with E-state index in [2.05, 4.69) is 187 Å². The van der Waals surface area contributed by atoms with Gasteiger partial charge in [0.25, 0.3) is 0 Å². The van der Waals surface area contributed by atoms with Crippen molar-refractivity contribution in [2.24, 2.45) is 0 Å². The maximum Gasteiger partial charge on any atom is 0.160 e. The largest absolute Gasteiger partial charge is 0.309 e. The van der Waals surface area contributed by atoms with Crippen molar-refractivity contribution < 1.29 is 0 Å². The Morgan fingerprint density at radius 2 is 1.00 bits per heavy atom. The number of benzene rings is 8. The predicted octanol–water partition coefficient (Wildman–Crippen LogP) is 12.9. The highest BCUT2D eigenvalue weighted by Crippen LogP contribution is 2.53. The molecular formula is C48H31N3. The smallest absolute Gasteiger partial charge is 0.160 e. The van der Waals surface area contributed by atoms with Crippen LogP contribution in [0.2, 0.25) is 0 Å². The Labute approximate surface area is 296 Å². The second-order valence-electron chi connectivity index (χ2n) is 13.0. The van der Waals surface area contributed by atoms with E-state index in [0.29, 0.717) is 5.82 Å². The fourth-order valence-corrected chi connectivity index (χ4v) is 7.57. The zero-order valence-electron chi connectivity index (χ0n) is 27.7. The van der Waals surface area contributed by atoms with E-state index in [4.69, 9.17) is 9.97 Å². The molecule has 0 saturated heterocycles. The van der Waals surface area contributed by atoms with Gasteiger partial charge in [-0.3, -0.25) is 0 Å². The minimum absolute atomic E-state index is 0.693. The van der Waals surface area contributed by atoms with E-state index in [-0.39, 0.29) is 0 Å². The molecule has 1 aliphatic heterocycles. The number of aromatic nitrogens is 2. The van der Waals surface area contributed by atoms with Crippen molar-refractivity contribution in [1.82, 2.24) is 9.97 Å². The summed E-state index contributed by atoms with van der Waals surface area (Å²) in [7, 11) is 0. The van der Waals surface area contributed by atoms with Crippen LogP contribution in [-0.4, -0.2) is 9.97 Å². The Balaban J connectivity index is 1.19. The van der Waals surface area contributed by atoms with Gasteiger partial charge in [0, 0.05) is 33.3 Å². The summed E-state index contributed by atoms with van der Waals surface area (Å²) in [6.07, 6.45) is 0. The number of hydrogen-bond donors (Lipinski definition) is 0. The van der Waals surface area contributed by atoms with Crippen LogP contribution < -0.4 is 4.90 Å². The van der Waals surface area contributed by atoms with Gasteiger partial charge in [0.15, 0.2) is 5.82 Å². The number of fused-ring (bicyclic) bond motifs is 3. The van der Waals surface area contributed by atoms with Crippen molar-refractivity contribution in [3.63, 3.8) is 0 Å². The average molecular weight is 650 g/mol. The molecule has 3 heteroatoms. The summed E-state index contributed by atoms with van der Waals surface area (Å²) < 4.78 is 0. The summed E-state index contributed by atoms with van der Waals surface area (Å²) in [5.74, 6) is 0.693. The van der Waals surface area contributed by atoms with Crippen LogP contribution in [0.5, 0.6) is 0 Å². The molecular weight excluding hydrogens is 619 g/mol. The minimum Gasteiger partial charge on any atom is -0.309 e. The Hall–Kier alpha value is -6.84. The van der Waals surface area contributed by atoms with Gasteiger partial charge in [-0.2, -0.15) is 0 Å². The van der Waals surface area contributed by atoms with E-state index in [9.17, 15) is 0 Å². The third-order valence-electron chi connectivity index (χ3n) is 9.99. The quantitative estimate of drug-likeness (QED) is 0.186. The molecule has 0 amide bonds. The molecule has 0 bridgehead atoms. The predicted molar refractivity (Wildman–Crippen MR) is 212 cm³/mol. The van der Waals surface area contributed by atoms with Crippen LogP contribution in [0.4, 0.5) is 17.1 Å². The fraction of sp³-hybridized carbons (Fsp3) is 0. The van der Waals surface area contributed by atoms with Crippen LogP contribution in [0.3, 0.4) is 0 Å². The lowest BCUT2D eigenvalue weighted by molar-refractivity contribution is 1.18. The van der Waals surface area contributed by atoms with Crippen LogP contribution in [0, 0.1) is 0 Å². The molecule has 0 fully saturated rings. The van der Waals surface area contributed by atoms with Crippen LogP contribution in [0.1, 0.15) is 0 Å². The number of nitrogens with zero attached hydrogens (tertiary/aromatic N) is 3. The highest BCUT2D eigenvalue weighted by molar-refractivity contribution is 6.17. The summed E-state index contributed by atoms with van der Waals surface area (Å²) in [6, 6.07) is 66.8. The van der Waals surface area contributed by atoms with E-state index in [1.54, 1.807) is 0 Å². The van der Waals surface area contributed by atoms with Crippen LogP contribution >= 0.6 is 0 Å². The van der Waals surface area contributed by atoms with Crippen molar-refractivity contribution >= 4 is 38.6 Å². The lowest BCUT2D eigenvalue weighted by Gasteiger charge is -2.34. The molecule has 0 spiro atoms. The van der Waals surface area contributed by atoms with Gasteiger partial charge >= 0.3 is 0 Å². The summed E-state index contributed by atoms with van der Waals surface area (Å²) in [5.41, 5.74) is 13.1. The summed E-state index contributed by atoms with van der Waals surface area (Å²) in [6.45, 7) is 0. The SMILES string of the molecule is c1ccc(-c2cc(-c3ccc4ccccc4c3)nc(-c3ccc4c(c3)N(c3ccccc3)c3ccc(-c5ccccc5)c5cccc-4c35)n2)cc1. The molecule has 2 heterocycles. The molecule has 0 N–H and O–H groups in total. The van der Waals surface area contributed by atoms with Gasteiger partial charge < -0.3 is 4.90 Å². The Morgan fingerprint density at radius 1 is 0.353 bits per heavy atom. The third-order valence-corrected chi connectivity index (χ3v) is 9.99. The normalized spacial score (nSPS) is 11.9. The van der Waals surface area contributed by atoms with E-state index in [1.807, 2.05) is 6.07 Å². The van der Waals surface area contributed by atoms with Gasteiger partial charge in [0.05, 0.1) is 22.8 Å². The topological polar surface area (TPSA) is 29.0 Å². The second-order valence-corrected chi connectivity index (χ2v) is 13.0. The molecule has 10 rings (SSSR count). The molecule has 51 heavy (non-hydrogen) atoms. The van der Waals surface area contributed by atoms with Gasteiger partial charge in [-0.15, -0.1) is 0 Å². The molecule has 9 aromatic rings. The van der Waals surface area contributed by atoms with Crippen molar-refractivity contribution in [2.75, 3.05) is 4.90 Å². The van der Waals surface area contributed by atoms with Crippen molar-refractivity contribution in [2.45, 2.75) is 0 Å². The van der Waals surface area contributed by atoms with Crippen LogP contribution in [0.25, 0.3) is 77.7 Å². The third kappa shape index (κ3) is 4.98. The number of anilines is 3. The lowest BCUT2D eigenvalue weighted by atomic mass is 9.87. The molecule has 0 unspecified atom stereocenters. The van der Waals surface area contributed by atoms with E-state index in [1.165, 1.54) is 43.8 Å². The highest BCUT2D eigenvalue weighted by Gasteiger charge is 2.28. The number of hydrogen-bond acceptors (Lipinski definition) is 3. The molecule has 1 aromatic heterocycles. The molecule has 3 nitrogen and oxygen atoms in total. The number of para-hydroxylation sites is 1. The molecule has 0 aliphatic carbocycles. The summed E-state index contributed by atoms with van der Waals surface area (Å²) >= 11 is 0. The number of rotatable bonds is 5. The standard InChI is InChI=1S/C48H31N3/c1-4-14-33(15-5-1)39-27-28-45-47-41(39)21-12-22-42(47)40-26-25-37(30-46(40)51(45)38-19-8-3-9-20-38)48-49-43(34-16-6-2-7-17-34)31-44(50-48)36-24-23-32-13-10-11-18-35(32)29-36/h1-31H. The first-order valence-electron chi connectivity index (χ1n) is 17.3. The zero-order valence-corrected chi connectivity index (χ0v) is 27.7. The van der Waals surface area contributed by atoms with Crippen LogP contribution in [-0.2, 0) is 0 Å². The maximum absolute atomic E-state index is 5.25. The first-order valence-corrected chi connectivity index (χ1v) is 17.3. The highest BCUT2D eigenvalue weighted by atomic mass is 15.2. The van der Waals surface area contributed by atoms with E-state index < -0.39 is 0 Å². The van der Waals surface area contributed by atoms with E-state index >= 15 is 0 Å². The molecule has 0 atom stereocenters. The van der Waals surface area contributed by atoms with Gasteiger partial charge in [0.1, 0.15) is 0 Å². The second kappa shape index (κ2) is 11.9. The zero-order chi connectivity index (χ0) is 33.7. The summed E-state index contributed by atoms with van der Waals surface area (Å²) in [5, 5.41) is 4.89. The Bertz CT molecular complexity index is 2740. The molecule has 0 radical (unpaired) electrons. The maximum atomic E-state index is 5.25. The van der Waals surface area contributed by atoms with Crippen molar-refractivity contribution in [3.05, 3.63) is 188 Å². The Morgan fingerprint density at radius 3 is 1.78 bits per heavy atom. The van der Waals surface area contributed by atoms with Crippen molar-refractivity contribution in [3.8, 4) is 56.2 Å².